The molecule has 1 aromatic carbocycles. The molecule has 108 valence electrons. The summed E-state index contributed by atoms with van der Waals surface area (Å²) in [6.07, 6.45) is 0.509. The SMILES string of the molecule is COC(=O)c1ccc(NC2CCN(C)C2=O)c(F)c1F. The van der Waals surface area contributed by atoms with E-state index in [2.05, 4.69) is 10.1 Å². The number of hydrogen-bond donors (Lipinski definition) is 1. The van der Waals surface area contributed by atoms with E-state index in [4.69, 9.17) is 0 Å². The molecule has 0 bridgehead atoms. The summed E-state index contributed by atoms with van der Waals surface area (Å²) in [6, 6.07) is 1.75. The van der Waals surface area contributed by atoms with Crippen LogP contribution in [0.4, 0.5) is 14.5 Å². The van der Waals surface area contributed by atoms with Gasteiger partial charge < -0.3 is 15.0 Å². The molecule has 0 aliphatic carbocycles. The molecule has 2 rings (SSSR count). The number of nitrogens with zero attached hydrogens (tertiary/aromatic N) is 1. The number of benzene rings is 1. The molecule has 0 saturated carbocycles. The lowest BCUT2D eigenvalue weighted by molar-refractivity contribution is -0.127. The highest BCUT2D eigenvalue weighted by Crippen LogP contribution is 2.24. The monoisotopic (exact) mass is 284 g/mol. The Hall–Kier alpha value is -2.18. The van der Waals surface area contributed by atoms with Crippen molar-refractivity contribution in [3.8, 4) is 0 Å². The number of ether oxygens (including phenoxy) is 1. The van der Waals surface area contributed by atoms with E-state index in [9.17, 15) is 18.4 Å². The van der Waals surface area contributed by atoms with Gasteiger partial charge in [-0.05, 0) is 18.6 Å². The number of nitrogens with one attached hydrogen (secondary N) is 1. The maximum absolute atomic E-state index is 13.9. The van der Waals surface area contributed by atoms with Crippen LogP contribution in [0.1, 0.15) is 16.8 Å². The highest BCUT2D eigenvalue weighted by atomic mass is 19.2. The van der Waals surface area contributed by atoms with Gasteiger partial charge in [0.15, 0.2) is 11.6 Å². The summed E-state index contributed by atoms with van der Waals surface area (Å²) in [7, 11) is 2.72. The van der Waals surface area contributed by atoms with Crippen molar-refractivity contribution in [1.29, 1.82) is 0 Å². The average molecular weight is 284 g/mol. The number of anilines is 1. The van der Waals surface area contributed by atoms with Crippen molar-refractivity contribution < 1.29 is 23.1 Å². The number of amides is 1. The molecular weight excluding hydrogens is 270 g/mol. The predicted octanol–water partition coefficient (Wildman–Crippen LogP) is 1.39. The Morgan fingerprint density at radius 3 is 2.65 bits per heavy atom. The summed E-state index contributed by atoms with van der Waals surface area (Å²) < 4.78 is 32.0. The van der Waals surface area contributed by atoms with Gasteiger partial charge in [-0.2, -0.15) is 0 Å². The van der Waals surface area contributed by atoms with Crippen LogP contribution in [-0.2, 0) is 9.53 Å². The lowest BCUT2D eigenvalue weighted by Gasteiger charge is -2.15. The van der Waals surface area contributed by atoms with Crippen LogP contribution in [-0.4, -0.2) is 43.5 Å². The van der Waals surface area contributed by atoms with Crippen molar-refractivity contribution >= 4 is 17.6 Å². The Morgan fingerprint density at radius 2 is 2.10 bits per heavy atom. The maximum Gasteiger partial charge on any atom is 0.340 e. The van der Waals surface area contributed by atoms with Gasteiger partial charge in [0.2, 0.25) is 5.91 Å². The zero-order chi connectivity index (χ0) is 14.9. The fraction of sp³-hybridized carbons (Fsp3) is 0.385. The third kappa shape index (κ3) is 2.43. The van der Waals surface area contributed by atoms with E-state index in [1.54, 1.807) is 7.05 Å². The molecule has 1 amide bonds. The van der Waals surface area contributed by atoms with Crippen LogP contribution in [0.15, 0.2) is 12.1 Å². The Morgan fingerprint density at radius 1 is 1.40 bits per heavy atom. The number of hydrogen-bond acceptors (Lipinski definition) is 4. The van der Waals surface area contributed by atoms with Crippen molar-refractivity contribution in [2.45, 2.75) is 12.5 Å². The maximum atomic E-state index is 13.9. The zero-order valence-corrected chi connectivity index (χ0v) is 11.1. The van der Waals surface area contributed by atoms with Crippen LogP contribution in [0.3, 0.4) is 0 Å². The van der Waals surface area contributed by atoms with Gasteiger partial charge in [0, 0.05) is 13.6 Å². The summed E-state index contributed by atoms with van der Waals surface area (Å²) in [6.45, 7) is 0.556. The van der Waals surface area contributed by atoms with E-state index >= 15 is 0 Å². The fourth-order valence-corrected chi connectivity index (χ4v) is 2.07. The van der Waals surface area contributed by atoms with Gasteiger partial charge in [0.1, 0.15) is 6.04 Å². The lowest BCUT2D eigenvalue weighted by atomic mass is 10.1. The van der Waals surface area contributed by atoms with E-state index in [0.29, 0.717) is 13.0 Å². The van der Waals surface area contributed by atoms with Crippen molar-refractivity contribution in [2.75, 3.05) is 26.0 Å². The molecule has 0 spiro atoms. The van der Waals surface area contributed by atoms with Crippen molar-refractivity contribution in [1.82, 2.24) is 4.90 Å². The Labute approximate surface area is 114 Å². The first kappa shape index (κ1) is 14.2. The highest BCUT2D eigenvalue weighted by Gasteiger charge is 2.30. The quantitative estimate of drug-likeness (QED) is 0.852. The van der Waals surface area contributed by atoms with Crippen LogP contribution < -0.4 is 5.32 Å². The molecule has 20 heavy (non-hydrogen) atoms. The smallest absolute Gasteiger partial charge is 0.340 e. The molecule has 7 heteroatoms. The molecule has 1 atom stereocenters. The molecule has 0 aromatic heterocycles. The second kappa shape index (κ2) is 5.44. The van der Waals surface area contributed by atoms with Gasteiger partial charge in [-0.15, -0.1) is 0 Å². The topological polar surface area (TPSA) is 58.6 Å². The highest BCUT2D eigenvalue weighted by molar-refractivity contribution is 5.90. The Balaban J connectivity index is 2.24. The minimum absolute atomic E-state index is 0.149. The average Bonchev–Trinajstić information content (AvgIpc) is 2.75. The van der Waals surface area contributed by atoms with Crippen LogP contribution in [0.2, 0.25) is 0 Å². The molecule has 1 saturated heterocycles. The van der Waals surface area contributed by atoms with Gasteiger partial charge in [-0.25, -0.2) is 13.6 Å². The first-order chi connectivity index (χ1) is 9.45. The summed E-state index contributed by atoms with van der Waals surface area (Å²) in [4.78, 5) is 24.4. The number of halogens is 2. The number of methoxy groups -OCH3 is 1. The van der Waals surface area contributed by atoms with E-state index < -0.39 is 29.2 Å². The number of likely N-dealkylation sites (N-methyl/N-ethyl adjacent to an activating group) is 1. The molecule has 1 unspecified atom stereocenters. The normalized spacial score (nSPS) is 18.3. The lowest BCUT2D eigenvalue weighted by Crippen LogP contribution is -2.31. The third-order valence-electron chi connectivity index (χ3n) is 3.24. The van der Waals surface area contributed by atoms with Crippen LogP contribution >= 0.6 is 0 Å². The third-order valence-corrected chi connectivity index (χ3v) is 3.24. The molecule has 1 N–H and O–H groups in total. The van der Waals surface area contributed by atoms with E-state index in [1.807, 2.05) is 0 Å². The van der Waals surface area contributed by atoms with Crippen LogP contribution in [0.5, 0.6) is 0 Å². The van der Waals surface area contributed by atoms with Gasteiger partial charge in [-0.3, -0.25) is 4.79 Å². The van der Waals surface area contributed by atoms with Crippen molar-refractivity contribution in [3.05, 3.63) is 29.3 Å². The zero-order valence-electron chi connectivity index (χ0n) is 11.1. The number of rotatable bonds is 3. The summed E-state index contributed by atoms with van der Waals surface area (Å²) >= 11 is 0. The molecule has 0 radical (unpaired) electrons. The second-order valence-electron chi connectivity index (χ2n) is 4.53. The standard InChI is InChI=1S/C13H14F2N2O3/c1-17-6-5-9(12(17)18)16-8-4-3-7(13(19)20-2)10(14)11(8)15/h3-4,9,16H,5-6H2,1-2H3. The predicted molar refractivity (Wildman–Crippen MR) is 67.4 cm³/mol. The van der Waals surface area contributed by atoms with E-state index in [-0.39, 0.29) is 11.6 Å². The molecule has 1 aromatic rings. The molecule has 1 heterocycles. The number of carbonyl (C=O) groups excluding carboxylic acids is 2. The summed E-state index contributed by atoms with van der Waals surface area (Å²) in [5.41, 5.74) is -0.630. The molecule has 1 aliphatic heterocycles. The summed E-state index contributed by atoms with van der Waals surface area (Å²) in [5, 5.41) is 2.66. The van der Waals surface area contributed by atoms with E-state index in [0.717, 1.165) is 13.2 Å². The number of esters is 1. The van der Waals surface area contributed by atoms with Crippen LogP contribution in [0, 0.1) is 11.6 Å². The van der Waals surface area contributed by atoms with Crippen LogP contribution in [0.25, 0.3) is 0 Å². The largest absolute Gasteiger partial charge is 0.465 e. The van der Waals surface area contributed by atoms with Gasteiger partial charge in [-0.1, -0.05) is 0 Å². The first-order valence-electron chi connectivity index (χ1n) is 6.03. The molecule has 1 aliphatic rings. The van der Waals surface area contributed by atoms with Gasteiger partial charge >= 0.3 is 5.97 Å². The molecule has 1 fully saturated rings. The van der Waals surface area contributed by atoms with Gasteiger partial charge in [0.05, 0.1) is 18.4 Å². The van der Waals surface area contributed by atoms with Crippen molar-refractivity contribution in [2.24, 2.45) is 0 Å². The van der Waals surface area contributed by atoms with E-state index in [1.165, 1.54) is 11.0 Å². The number of carbonyl (C=O) groups is 2. The second-order valence-corrected chi connectivity index (χ2v) is 4.53. The number of likely N-dealkylation sites (tertiary alicyclic amines) is 1. The summed E-state index contributed by atoms with van der Waals surface area (Å²) in [5.74, 6) is -3.62. The minimum atomic E-state index is -1.29. The Bertz CT molecular complexity index is 563. The van der Waals surface area contributed by atoms with Gasteiger partial charge in [0.25, 0.3) is 0 Å². The minimum Gasteiger partial charge on any atom is -0.465 e. The Kier molecular flexibility index (Phi) is 3.87. The van der Waals surface area contributed by atoms with Crippen molar-refractivity contribution in [3.63, 3.8) is 0 Å². The first-order valence-corrected chi connectivity index (χ1v) is 6.03. The molecular formula is C13H14F2N2O3. The fourth-order valence-electron chi connectivity index (χ4n) is 2.07. The molecule has 5 nitrogen and oxygen atoms in total.